The Bertz CT molecular complexity index is 443. The lowest BCUT2D eigenvalue weighted by Crippen LogP contribution is -2.09. The van der Waals surface area contributed by atoms with E-state index in [2.05, 4.69) is 0 Å². The molecule has 2 nitrogen and oxygen atoms in total. The maximum Gasteiger partial charge on any atom is 0.261 e. The molecule has 0 saturated heterocycles. The number of aryl methyl sites for hydroxylation is 1. The Morgan fingerprint density at radius 1 is 1.14 bits per heavy atom. The average molecular weight is 185 g/mol. The molecule has 0 spiro atoms. The van der Waals surface area contributed by atoms with Crippen molar-refractivity contribution in [2.45, 2.75) is 6.92 Å². The van der Waals surface area contributed by atoms with E-state index < -0.39 is 0 Å². The normalized spacial score (nSPS) is 10.1. The third-order valence-corrected chi connectivity index (χ3v) is 2.10. The van der Waals surface area contributed by atoms with Gasteiger partial charge in [0, 0.05) is 18.0 Å². The molecular formula is C12H11NO. The van der Waals surface area contributed by atoms with E-state index >= 15 is 0 Å². The molecule has 0 aliphatic heterocycles. The van der Waals surface area contributed by atoms with Crippen LogP contribution in [0.1, 0.15) is 15.9 Å². The standard InChI is InChI=1S/C12H11NO/c1-10-5-4-6-11(9-10)12(14)13-7-2-3-8-13/h2-9H,1H3. The number of rotatable bonds is 1. The van der Waals surface area contributed by atoms with Gasteiger partial charge in [-0.2, -0.15) is 0 Å². The van der Waals surface area contributed by atoms with Crippen molar-refractivity contribution in [3.63, 3.8) is 0 Å². The molecule has 0 N–H and O–H groups in total. The summed E-state index contributed by atoms with van der Waals surface area (Å²) < 4.78 is 1.58. The molecule has 0 aliphatic rings. The molecule has 1 heterocycles. The zero-order valence-corrected chi connectivity index (χ0v) is 7.97. The number of hydrogen-bond donors (Lipinski definition) is 0. The Balaban J connectivity index is 2.37. The summed E-state index contributed by atoms with van der Waals surface area (Å²) in [6.07, 6.45) is 3.51. The van der Waals surface area contributed by atoms with E-state index in [1.54, 1.807) is 17.0 Å². The summed E-state index contributed by atoms with van der Waals surface area (Å²) >= 11 is 0. The first-order valence-electron chi connectivity index (χ1n) is 4.52. The molecule has 0 fully saturated rings. The zero-order valence-electron chi connectivity index (χ0n) is 7.97. The number of aromatic nitrogens is 1. The largest absolute Gasteiger partial charge is 0.291 e. The highest BCUT2D eigenvalue weighted by molar-refractivity contribution is 5.96. The number of nitrogens with zero attached hydrogens (tertiary/aromatic N) is 1. The van der Waals surface area contributed by atoms with Crippen LogP contribution in [-0.4, -0.2) is 10.5 Å². The van der Waals surface area contributed by atoms with Crippen molar-refractivity contribution in [1.29, 1.82) is 0 Å². The topological polar surface area (TPSA) is 22.0 Å². The molecule has 0 unspecified atom stereocenters. The average Bonchev–Trinajstić information content (AvgIpc) is 2.69. The van der Waals surface area contributed by atoms with E-state index in [1.807, 2.05) is 43.3 Å². The van der Waals surface area contributed by atoms with E-state index in [9.17, 15) is 4.79 Å². The van der Waals surface area contributed by atoms with Gasteiger partial charge in [-0.15, -0.1) is 0 Å². The second-order valence-corrected chi connectivity index (χ2v) is 3.26. The van der Waals surface area contributed by atoms with Crippen LogP contribution in [0.4, 0.5) is 0 Å². The molecule has 0 aliphatic carbocycles. The van der Waals surface area contributed by atoms with Crippen molar-refractivity contribution >= 4 is 5.91 Å². The van der Waals surface area contributed by atoms with Gasteiger partial charge in [0.05, 0.1) is 0 Å². The van der Waals surface area contributed by atoms with Crippen LogP contribution in [0.5, 0.6) is 0 Å². The van der Waals surface area contributed by atoms with Gasteiger partial charge in [0.1, 0.15) is 0 Å². The van der Waals surface area contributed by atoms with Crippen LogP contribution in [0.25, 0.3) is 0 Å². The van der Waals surface area contributed by atoms with Crippen LogP contribution in [0.2, 0.25) is 0 Å². The van der Waals surface area contributed by atoms with Crippen LogP contribution in [-0.2, 0) is 0 Å². The molecule has 1 aromatic carbocycles. The summed E-state index contributed by atoms with van der Waals surface area (Å²) in [7, 11) is 0. The number of benzene rings is 1. The SMILES string of the molecule is Cc1cccc(C(=O)n2cccc2)c1. The highest BCUT2D eigenvalue weighted by Gasteiger charge is 2.05. The summed E-state index contributed by atoms with van der Waals surface area (Å²) in [5.74, 6) is 0.0127. The molecular weight excluding hydrogens is 174 g/mol. The lowest BCUT2D eigenvalue weighted by atomic mass is 10.1. The van der Waals surface area contributed by atoms with E-state index in [-0.39, 0.29) is 5.91 Å². The Morgan fingerprint density at radius 2 is 1.86 bits per heavy atom. The third-order valence-electron chi connectivity index (χ3n) is 2.10. The van der Waals surface area contributed by atoms with Gasteiger partial charge in [0.2, 0.25) is 0 Å². The molecule has 1 aromatic heterocycles. The van der Waals surface area contributed by atoms with Crippen molar-refractivity contribution in [2.24, 2.45) is 0 Å². The number of carbonyl (C=O) groups is 1. The van der Waals surface area contributed by atoms with Gasteiger partial charge in [-0.1, -0.05) is 17.7 Å². The summed E-state index contributed by atoms with van der Waals surface area (Å²) in [5.41, 5.74) is 1.82. The summed E-state index contributed by atoms with van der Waals surface area (Å²) in [4.78, 5) is 11.8. The molecule has 0 radical (unpaired) electrons. The van der Waals surface area contributed by atoms with Crippen LogP contribution < -0.4 is 0 Å². The van der Waals surface area contributed by atoms with Crippen molar-refractivity contribution in [2.75, 3.05) is 0 Å². The number of hydrogen-bond acceptors (Lipinski definition) is 1. The molecule has 70 valence electrons. The lowest BCUT2D eigenvalue weighted by Gasteiger charge is -2.02. The van der Waals surface area contributed by atoms with E-state index in [0.717, 1.165) is 11.1 Å². The second kappa shape index (κ2) is 3.50. The maximum absolute atomic E-state index is 11.8. The lowest BCUT2D eigenvalue weighted by molar-refractivity contribution is 0.0960. The molecule has 0 bridgehead atoms. The monoisotopic (exact) mass is 185 g/mol. The van der Waals surface area contributed by atoms with Crippen LogP contribution in [0.3, 0.4) is 0 Å². The minimum Gasteiger partial charge on any atom is -0.291 e. The first kappa shape index (κ1) is 8.75. The summed E-state index contributed by atoms with van der Waals surface area (Å²) in [5, 5.41) is 0. The second-order valence-electron chi connectivity index (χ2n) is 3.26. The molecule has 0 amide bonds. The fourth-order valence-corrected chi connectivity index (χ4v) is 1.40. The fourth-order valence-electron chi connectivity index (χ4n) is 1.40. The van der Waals surface area contributed by atoms with E-state index in [4.69, 9.17) is 0 Å². The highest BCUT2D eigenvalue weighted by Crippen LogP contribution is 2.06. The van der Waals surface area contributed by atoms with Gasteiger partial charge >= 0.3 is 0 Å². The predicted octanol–water partition coefficient (Wildman–Crippen LogP) is 2.49. The van der Waals surface area contributed by atoms with Crippen molar-refractivity contribution in [3.8, 4) is 0 Å². The molecule has 2 aromatic rings. The Kier molecular flexibility index (Phi) is 2.19. The van der Waals surface area contributed by atoms with Gasteiger partial charge < -0.3 is 0 Å². The van der Waals surface area contributed by atoms with Crippen molar-refractivity contribution in [3.05, 3.63) is 59.9 Å². The number of carbonyl (C=O) groups excluding carboxylic acids is 1. The first-order chi connectivity index (χ1) is 6.77. The van der Waals surface area contributed by atoms with Gasteiger partial charge in [-0.05, 0) is 31.2 Å². The molecule has 2 heteroatoms. The highest BCUT2D eigenvalue weighted by atomic mass is 16.2. The smallest absolute Gasteiger partial charge is 0.261 e. The Hall–Kier alpha value is -1.83. The van der Waals surface area contributed by atoms with Gasteiger partial charge in [0.15, 0.2) is 0 Å². The first-order valence-corrected chi connectivity index (χ1v) is 4.52. The van der Waals surface area contributed by atoms with Crippen molar-refractivity contribution in [1.82, 2.24) is 4.57 Å². The molecule has 0 atom stereocenters. The van der Waals surface area contributed by atoms with Gasteiger partial charge in [-0.3, -0.25) is 9.36 Å². The molecule has 14 heavy (non-hydrogen) atoms. The third kappa shape index (κ3) is 1.59. The van der Waals surface area contributed by atoms with Gasteiger partial charge in [0.25, 0.3) is 5.91 Å². The minimum absolute atomic E-state index is 0.0127. The van der Waals surface area contributed by atoms with Crippen molar-refractivity contribution < 1.29 is 4.79 Å². The van der Waals surface area contributed by atoms with E-state index in [0.29, 0.717) is 0 Å². The molecule has 2 rings (SSSR count). The zero-order chi connectivity index (χ0) is 9.97. The summed E-state index contributed by atoms with van der Waals surface area (Å²) in [6.45, 7) is 1.98. The maximum atomic E-state index is 11.8. The Morgan fingerprint density at radius 3 is 2.50 bits per heavy atom. The van der Waals surface area contributed by atoms with Crippen LogP contribution >= 0.6 is 0 Å². The van der Waals surface area contributed by atoms with Gasteiger partial charge in [-0.25, -0.2) is 0 Å². The molecule has 0 saturated carbocycles. The quantitative estimate of drug-likeness (QED) is 0.669. The minimum atomic E-state index is 0.0127. The van der Waals surface area contributed by atoms with Crippen LogP contribution in [0, 0.1) is 6.92 Å². The predicted molar refractivity (Wildman–Crippen MR) is 55.3 cm³/mol. The fraction of sp³-hybridized carbons (Fsp3) is 0.0833. The summed E-state index contributed by atoms with van der Waals surface area (Å²) in [6, 6.07) is 11.3. The Labute approximate surface area is 82.8 Å². The van der Waals surface area contributed by atoms with E-state index in [1.165, 1.54) is 0 Å². The van der Waals surface area contributed by atoms with Crippen LogP contribution in [0.15, 0.2) is 48.8 Å².